The molecule has 0 heterocycles. The summed E-state index contributed by atoms with van der Waals surface area (Å²) in [7, 11) is 0. The van der Waals surface area contributed by atoms with Crippen molar-refractivity contribution < 1.29 is 0 Å². The minimum atomic E-state index is 0.795. The van der Waals surface area contributed by atoms with E-state index in [1.165, 1.54) is 12.8 Å². The zero-order valence-corrected chi connectivity index (χ0v) is 6.14. The monoisotopic (exact) mass is 123 g/mol. The summed E-state index contributed by atoms with van der Waals surface area (Å²) in [6, 6.07) is 0. The Morgan fingerprint density at radius 3 is 3.00 bits per heavy atom. The van der Waals surface area contributed by atoms with E-state index in [0.717, 1.165) is 18.3 Å². The van der Waals surface area contributed by atoms with Crippen LogP contribution in [0.2, 0.25) is 0 Å². The van der Waals surface area contributed by atoms with Crippen molar-refractivity contribution in [3.63, 3.8) is 0 Å². The molecule has 0 saturated heterocycles. The molecule has 0 spiro atoms. The van der Waals surface area contributed by atoms with Crippen LogP contribution in [0.1, 0.15) is 26.2 Å². The largest absolute Gasteiger partial charge is 0.0882 e. The number of hydrogen-bond acceptors (Lipinski definition) is 0. The highest BCUT2D eigenvalue weighted by atomic mass is 14.2. The van der Waals surface area contributed by atoms with E-state index in [0.29, 0.717) is 0 Å². The molecule has 1 radical (unpaired) electrons. The second-order valence-electron chi connectivity index (χ2n) is 2.94. The lowest BCUT2D eigenvalue weighted by atomic mass is 9.92. The Labute approximate surface area is 58.0 Å². The molecule has 0 saturated carbocycles. The van der Waals surface area contributed by atoms with Gasteiger partial charge in [-0.2, -0.15) is 0 Å². The topological polar surface area (TPSA) is 0 Å². The molecule has 0 nitrogen and oxygen atoms in total. The minimum Gasteiger partial charge on any atom is -0.0882 e. The molecule has 0 aromatic rings. The average Bonchev–Trinajstić information content (AvgIpc) is 2.37. The quantitative estimate of drug-likeness (QED) is 0.495. The second kappa shape index (κ2) is 3.05. The van der Waals surface area contributed by atoms with Crippen molar-refractivity contribution in [3.8, 4) is 0 Å². The predicted octanol–water partition coefficient (Wildman–Crippen LogP) is 2.81. The summed E-state index contributed by atoms with van der Waals surface area (Å²) < 4.78 is 0. The molecule has 51 valence electrons. The van der Waals surface area contributed by atoms with Crippen molar-refractivity contribution in [2.24, 2.45) is 11.8 Å². The van der Waals surface area contributed by atoms with Crippen LogP contribution in [-0.2, 0) is 0 Å². The maximum absolute atomic E-state index is 3.90. The fourth-order valence-corrected chi connectivity index (χ4v) is 1.34. The first-order valence-corrected chi connectivity index (χ1v) is 3.80. The zero-order chi connectivity index (χ0) is 6.69. The maximum Gasteiger partial charge on any atom is -0.0205 e. The summed E-state index contributed by atoms with van der Waals surface area (Å²) in [5.74, 6) is 1.63. The van der Waals surface area contributed by atoms with E-state index in [-0.39, 0.29) is 0 Å². The summed E-state index contributed by atoms with van der Waals surface area (Å²) in [5.41, 5.74) is 0. The van der Waals surface area contributed by atoms with Crippen LogP contribution in [0.5, 0.6) is 0 Å². The smallest absolute Gasteiger partial charge is 0.0205 e. The lowest BCUT2D eigenvalue weighted by Crippen LogP contribution is -2.04. The molecule has 9 heavy (non-hydrogen) atoms. The van der Waals surface area contributed by atoms with Gasteiger partial charge in [0.2, 0.25) is 0 Å². The van der Waals surface area contributed by atoms with E-state index in [1.54, 1.807) is 0 Å². The van der Waals surface area contributed by atoms with Gasteiger partial charge >= 0.3 is 0 Å². The molecule has 0 aliphatic heterocycles. The van der Waals surface area contributed by atoms with Gasteiger partial charge in [-0.1, -0.05) is 32.4 Å². The highest BCUT2D eigenvalue weighted by Gasteiger charge is 2.14. The fourth-order valence-electron chi connectivity index (χ4n) is 1.34. The molecular formula is C9H15. The standard InChI is InChI=1S/C9H15/c1-3-8(2)9-6-4-5-7-9/h4,6,8-9H,1,3,5,7H2,2H3. The summed E-state index contributed by atoms with van der Waals surface area (Å²) in [5, 5.41) is 0. The van der Waals surface area contributed by atoms with Crippen LogP contribution in [0.3, 0.4) is 0 Å². The average molecular weight is 123 g/mol. The highest BCUT2D eigenvalue weighted by Crippen LogP contribution is 2.26. The maximum atomic E-state index is 3.90. The van der Waals surface area contributed by atoms with E-state index in [9.17, 15) is 0 Å². The summed E-state index contributed by atoms with van der Waals surface area (Å²) in [4.78, 5) is 0. The second-order valence-corrected chi connectivity index (χ2v) is 2.94. The van der Waals surface area contributed by atoms with Crippen LogP contribution >= 0.6 is 0 Å². The normalized spacial score (nSPS) is 28.9. The first-order valence-electron chi connectivity index (χ1n) is 3.80. The Balaban J connectivity index is 2.33. The van der Waals surface area contributed by atoms with Gasteiger partial charge in [0, 0.05) is 0 Å². The van der Waals surface area contributed by atoms with E-state index in [2.05, 4.69) is 26.0 Å². The fraction of sp³-hybridized carbons (Fsp3) is 0.667. The third kappa shape index (κ3) is 1.57. The molecule has 0 N–H and O–H groups in total. The Morgan fingerprint density at radius 1 is 1.78 bits per heavy atom. The molecule has 0 aromatic heterocycles. The molecule has 2 atom stereocenters. The van der Waals surface area contributed by atoms with Crippen LogP contribution in [0.15, 0.2) is 12.2 Å². The molecule has 1 rings (SSSR count). The SMILES string of the molecule is [CH2]CC(C)C1C=CCC1. The first-order chi connectivity index (χ1) is 4.34. The van der Waals surface area contributed by atoms with Crippen molar-refractivity contribution in [2.75, 3.05) is 0 Å². The van der Waals surface area contributed by atoms with Gasteiger partial charge in [-0.3, -0.25) is 0 Å². The molecule has 1 aliphatic carbocycles. The van der Waals surface area contributed by atoms with Gasteiger partial charge in [-0.15, -0.1) is 0 Å². The van der Waals surface area contributed by atoms with Gasteiger partial charge in [0.25, 0.3) is 0 Å². The van der Waals surface area contributed by atoms with Crippen molar-refractivity contribution in [1.82, 2.24) is 0 Å². The van der Waals surface area contributed by atoms with Gasteiger partial charge < -0.3 is 0 Å². The minimum absolute atomic E-state index is 0.795. The molecule has 0 amide bonds. The van der Waals surface area contributed by atoms with Crippen LogP contribution in [-0.4, -0.2) is 0 Å². The van der Waals surface area contributed by atoms with E-state index < -0.39 is 0 Å². The summed E-state index contributed by atoms with van der Waals surface area (Å²) in [6.45, 7) is 6.18. The molecule has 0 bridgehead atoms. The lowest BCUT2D eigenvalue weighted by molar-refractivity contribution is 0.426. The number of hydrogen-bond donors (Lipinski definition) is 0. The van der Waals surface area contributed by atoms with E-state index in [1.807, 2.05) is 0 Å². The van der Waals surface area contributed by atoms with Gasteiger partial charge in [-0.25, -0.2) is 0 Å². The van der Waals surface area contributed by atoms with Gasteiger partial charge in [0.1, 0.15) is 0 Å². The molecule has 2 unspecified atom stereocenters. The third-order valence-corrected chi connectivity index (χ3v) is 2.24. The van der Waals surface area contributed by atoms with Crippen LogP contribution in [0.4, 0.5) is 0 Å². The van der Waals surface area contributed by atoms with Crippen molar-refractivity contribution in [3.05, 3.63) is 19.1 Å². The number of rotatable bonds is 2. The van der Waals surface area contributed by atoms with Crippen molar-refractivity contribution in [2.45, 2.75) is 26.2 Å². The molecular weight excluding hydrogens is 108 g/mol. The molecule has 0 heteroatoms. The molecule has 0 fully saturated rings. The third-order valence-electron chi connectivity index (χ3n) is 2.24. The lowest BCUT2D eigenvalue weighted by Gasteiger charge is -2.13. The Hall–Kier alpha value is -0.260. The van der Waals surface area contributed by atoms with Gasteiger partial charge in [0.05, 0.1) is 0 Å². The highest BCUT2D eigenvalue weighted by molar-refractivity contribution is 4.97. The van der Waals surface area contributed by atoms with Crippen molar-refractivity contribution in [1.29, 1.82) is 0 Å². The summed E-state index contributed by atoms with van der Waals surface area (Å²) in [6.07, 6.45) is 8.35. The van der Waals surface area contributed by atoms with E-state index >= 15 is 0 Å². The summed E-state index contributed by atoms with van der Waals surface area (Å²) >= 11 is 0. The van der Waals surface area contributed by atoms with Crippen molar-refractivity contribution >= 4 is 0 Å². The molecule has 1 aliphatic rings. The van der Waals surface area contributed by atoms with Crippen LogP contribution in [0.25, 0.3) is 0 Å². The first kappa shape index (κ1) is 6.85. The van der Waals surface area contributed by atoms with Crippen LogP contribution in [0, 0.1) is 18.8 Å². The Kier molecular flexibility index (Phi) is 2.32. The zero-order valence-electron chi connectivity index (χ0n) is 6.14. The number of allylic oxidation sites excluding steroid dienone is 2. The van der Waals surface area contributed by atoms with E-state index in [4.69, 9.17) is 0 Å². The Bertz CT molecular complexity index is 103. The molecule has 0 aromatic carbocycles. The predicted molar refractivity (Wildman–Crippen MR) is 41.0 cm³/mol. The van der Waals surface area contributed by atoms with Gasteiger partial charge in [-0.05, 0) is 24.7 Å². The van der Waals surface area contributed by atoms with Gasteiger partial charge in [0.15, 0.2) is 0 Å². The Morgan fingerprint density at radius 2 is 2.56 bits per heavy atom. The van der Waals surface area contributed by atoms with Crippen LogP contribution < -0.4 is 0 Å².